The van der Waals surface area contributed by atoms with Crippen molar-refractivity contribution in [3.8, 4) is 39.8 Å². The first-order chi connectivity index (χ1) is 27.8. The van der Waals surface area contributed by atoms with E-state index in [4.69, 9.17) is 14.6 Å². The fourth-order valence-corrected chi connectivity index (χ4v) is 8.79. The Bertz CT molecular complexity index is 3480. The van der Waals surface area contributed by atoms with Crippen molar-refractivity contribution in [2.75, 3.05) is 0 Å². The lowest BCUT2D eigenvalue weighted by Crippen LogP contribution is -2.05. The molecule has 0 unspecified atom stereocenters. The molecule has 6 nitrogen and oxygen atoms in total. The lowest BCUT2D eigenvalue weighted by Gasteiger charge is -2.18. The smallest absolute Gasteiger partial charge is 0.171 e. The largest absolute Gasteiger partial charge is 0.456 e. The van der Waals surface area contributed by atoms with Crippen molar-refractivity contribution in [2.24, 2.45) is 0 Å². The number of furan rings is 1. The molecule has 0 N–H and O–H groups in total. The summed E-state index contributed by atoms with van der Waals surface area (Å²) in [7, 11) is 0. The van der Waals surface area contributed by atoms with Crippen molar-refractivity contribution in [2.45, 2.75) is 0 Å². The molecule has 0 saturated carbocycles. The monoisotopic (exact) mass is 717 g/mol. The van der Waals surface area contributed by atoms with Crippen molar-refractivity contribution < 1.29 is 4.42 Å². The highest BCUT2D eigenvalue weighted by atomic mass is 16.3. The number of benzene rings is 8. The van der Waals surface area contributed by atoms with E-state index in [0.717, 1.165) is 89.2 Å². The van der Waals surface area contributed by atoms with E-state index in [9.17, 15) is 0 Å². The van der Waals surface area contributed by atoms with Gasteiger partial charge in [-0.25, -0.2) is 0 Å². The third-order valence-corrected chi connectivity index (χ3v) is 11.2. The minimum Gasteiger partial charge on any atom is -0.456 e. The molecule has 12 rings (SSSR count). The van der Waals surface area contributed by atoms with Crippen LogP contribution in [0.1, 0.15) is 0 Å². The summed E-state index contributed by atoms with van der Waals surface area (Å²) in [5.41, 5.74) is 11.2. The van der Waals surface area contributed by atoms with Gasteiger partial charge in [0.2, 0.25) is 0 Å². The third kappa shape index (κ3) is 4.38. The Morgan fingerprint density at radius 2 is 0.946 bits per heavy atom. The molecule has 0 atom stereocenters. The van der Waals surface area contributed by atoms with Gasteiger partial charge in [0.15, 0.2) is 11.6 Å². The lowest BCUT2D eigenvalue weighted by atomic mass is 10.1. The van der Waals surface area contributed by atoms with Gasteiger partial charge in [-0.3, -0.25) is 4.57 Å². The van der Waals surface area contributed by atoms with Crippen molar-refractivity contribution in [3.05, 3.63) is 188 Å². The number of para-hydroxylation sites is 7. The average molecular weight is 718 g/mol. The van der Waals surface area contributed by atoms with Crippen LogP contribution in [-0.2, 0) is 0 Å². The normalized spacial score (nSPS) is 11.9. The van der Waals surface area contributed by atoms with Crippen molar-refractivity contribution in [3.63, 3.8) is 0 Å². The summed E-state index contributed by atoms with van der Waals surface area (Å²) in [5, 5.41) is 16.8. The van der Waals surface area contributed by atoms with E-state index in [1.165, 1.54) is 16.2 Å². The minimum atomic E-state index is 0.770. The zero-order valence-electron chi connectivity index (χ0n) is 30.0. The molecule has 0 fully saturated rings. The molecule has 0 saturated heterocycles. The summed E-state index contributed by atoms with van der Waals surface area (Å²) < 4.78 is 13.5. The number of fused-ring (bicyclic) bond motifs is 9. The average Bonchev–Trinajstić information content (AvgIpc) is 4.03. The zero-order valence-corrected chi connectivity index (χ0v) is 30.0. The predicted octanol–water partition coefficient (Wildman–Crippen LogP) is 12.7. The molecule has 12 aromatic rings. The highest BCUT2D eigenvalue weighted by Crippen LogP contribution is 2.43. The second-order valence-electron chi connectivity index (χ2n) is 14.2. The van der Waals surface area contributed by atoms with Crippen LogP contribution in [0.4, 0.5) is 0 Å². The van der Waals surface area contributed by atoms with E-state index >= 15 is 0 Å². The maximum absolute atomic E-state index is 6.48. The number of aromatic nitrogens is 5. The lowest BCUT2D eigenvalue weighted by molar-refractivity contribution is 0.669. The Kier molecular flexibility index (Phi) is 6.53. The summed E-state index contributed by atoms with van der Waals surface area (Å²) >= 11 is 0. The first kappa shape index (κ1) is 30.7. The van der Waals surface area contributed by atoms with Crippen molar-refractivity contribution in [1.82, 2.24) is 23.9 Å². The van der Waals surface area contributed by atoms with Crippen LogP contribution in [0, 0.1) is 0 Å². The molecule has 0 spiro atoms. The molecular weight excluding hydrogens is 687 g/mol. The van der Waals surface area contributed by atoms with Crippen LogP contribution in [0.15, 0.2) is 192 Å². The van der Waals surface area contributed by atoms with Crippen molar-refractivity contribution >= 4 is 65.6 Å². The van der Waals surface area contributed by atoms with Crippen molar-refractivity contribution in [1.29, 1.82) is 0 Å². The molecule has 0 amide bonds. The Morgan fingerprint density at radius 1 is 0.357 bits per heavy atom. The highest BCUT2D eigenvalue weighted by Gasteiger charge is 2.25. The fraction of sp³-hybridized carbons (Fsp3) is 0. The molecule has 0 aliphatic carbocycles. The van der Waals surface area contributed by atoms with Gasteiger partial charge in [-0.1, -0.05) is 127 Å². The number of nitrogens with zero attached hydrogens (tertiary/aromatic N) is 5. The number of hydrogen-bond acceptors (Lipinski definition) is 3. The molecule has 0 bridgehead atoms. The summed E-state index contributed by atoms with van der Waals surface area (Å²) in [6.45, 7) is 0. The molecule has 56 heavy (non-hydrogen) atoms. The van der Waals surface area contributed by atoms with E-state index in [0.29, 0.717) is 0 Å². The van der Waals surface area contributed by atoms with E-state index in [2.05, 4.69) is 165 Å². The van der Waals surface area contributed by atoms with Gasteiger partial charge < -0.3 is 13.6 Å². The molecule has 6 heteroatoms. The van der Waals surface area contributed by atoms with E-state index in [1.54, 1.807) is 0 Å². The van der Waals surface area contributed by atoms with Crippen LogP contribution < -0.4 is 0 Å². The van der Waals surface area contributed by atoms with Gasteiger partial charge >= 0.3 is 0 Å². The van der Waals surface area contributed by atoms with Crippen LogP contribution in [0.25, 0.3) is 105 Å². The molecule has 0 radical (unpaired) electrons. The van der Waals surface area contributed by atoms with Crippen LogP contribution in [-0.4, -0.2) is 23.9 Å². The minimum absolute atomic E-state index is 0.770. The van der Waals surface area contributed by atoms with E-state index in [1.807, 2.05) is 36.4 Å². The maximum atomic E-state index is 6.48. The third-order valence-electron chi connectivity index (χ3n) is 11.2. The molecule has 4 aromatic heterocycles. The summed E-state index contributed by atoms with van der Waals surface area (Å²) in [5.74, 6) is 1.56. The topological polar surface area (TPSA) is 53.7 Å². The van der Waals surface area contributed by atoms with Crippen LogP contribution in [0.3, 0.4) is 0 Å². The Morgan fingerprint density at radius 3 is 1.73 bits per heavy atom. The molecular formula is C50H31N5O. The Hall–Kier alpha value is -7.70. The number of rotatable bonds is 5. The molecule has 0 aliphatic rings. The zero-order chi connectivity index (χ0) is 36.7. The van der Waals surface area contributed by atoms with Crippen LogP contribution >= 0.6 is 0 Å². The highest BCUT2D eigenvalue weighted by molar-refractivity contribution is 6.18. The standard InChI is InChI=1S/C50H31N5O/c1-3-16-32(17-4-1)49-51-52-50(53(49)33-18-5-2-6-19-33)38-24-15-23-37-34-20-7-11-26-42(34)55(48(37)38)44-28-13-12-27-43(44)54-41-25-10-8-21-35(41)39-30-40-36-22-9-14-29-46(36)56-47(40)31-45(39)54/h1-31H. The van der Waals surface area contributed by atoms with E-state index < -0.39 is 0 Å². The Balaban J connectivity index is 1.18. The summed E-state index contributed by atoms with van der Waals surface area (Å²) in [6.07, 6.45) is 0. The second kappa shape index (κ2) is 11.9. The first-order valence-electron chi connectivity index (χ1n) is 18.8. The van der Waals surface area contributed by atoms with Gasteiger partial charge in [-0.2, -0.15) is 0 Å². The van der Waals surface area contributed by atoms with Crippen LogP contribution in [0.2, 0.25) is 0 Å². The summed E-state index contributed by atoms with van der Waals surface area (Å²) in [4.78, 5) is 0. The van der Waals surface area contributed by atoms with Gasteiger partial charge in [-0.15, -0.1) is 10.2 Å². The van der Waals surface area contributed by atoms with Gasteiger partial charge in [0.25, 0.3) is 0 Å². The molecule has 4 heterocycles. The predicted molar refractivity (Wildman–Crippen MR) is 228 cm³/mol. The summed E-state index contributed by atoms with van der Waals surface area (Å²) in [6, 6.07) is 66.1. The molecule has 0 aliphatic heterocycles. The SMILES string of the molecule is c1ccc(-c2nnc(-c3cccc4c5ccccc5n(-c5ccccc5-n5c6ccccc6c6cc7c(cc65)oc5ccccc57)c34)n2-c2ccccc2)cc1. The number of hydrogen-bond donors (Lipinski definition) is 0. The fourth-order valence-electron chi connectivity index (χ4n) is 8.79. The van der Waals surface area contributed by atoms with Gasteiger partial charge in [-0.05, 0) is 54.6 Å². The van der Waals surface area contributed by atoms with Gasteiger partial charge in [0, 0.05) is 55.2 Å². The quantitative estimate of drug-likeness (QED) is 0.178. The van der Waals surface area contributed by atoms with Gasteiger partial charge in [0.1, 0.15) is 11.2 Å². The first-order valence-corrected chi connectivity index (χ1v) is 18.8. The second-order valence-corrected chi connectivity index (χ2v) is 14.2. The molecule has 8 aromatic carbocycles. The van der Waals surface area contributed by atoms with Gasteiger partial charge in [0.05, 0.1) is 33.4 Å². The molecule has 262 valence electrons. The van der Waals surface area contributed by atoms with Crippen LogP contribution in [0.5, 0.6) is 0 Å². The van der Waals surface area contributed by atoms with E-state index in [-0.39, 0.29) is 0 Å². The maximum Gasteiger partial charge on any atom is 0.171 e. The Labute approximate surface area is 320 Å².